The van der Waals surface area contributed by atoms with E-state index in [4.69, 9.17) is 0 Å². The molecule has 2 rings (SSSR count). The fourth-order valence-corrected chi connectivity index (χ4v) is 2.91. The lowest BCUT2D eigenvalue weighted by atomic mass is 10.2. The molecule has 0 fully saturated rings. The minimum Gasteiger partial charge on any atom is -0.352 e. The summed E-state index contributed by atoms with van der Waals surface area (Å²) in [6.45, 7) is 2.32. The maximum Gasteiger partial charge on any atom is 0.288 e. The number of hydrogen-bond donors (Lipinski definition) is 1. The van der Waals surface area contributed by atoms with Gasteiger partial charge in [-0.3, -0.25) is 4.79 Å². The molecule has 0 aliphatic rings. The molecule has 6 heteroatoms. The summed E-state index contributed by atoms with van der Waals surface area (Å²) < 4.78 is 24.5. The molecular weight excluding hydrogens is 342 g/mol. The van der Waals surface area contributed by atoms with Crippen LogP contribution in [0.5, 0.6) is 0 Å². The Bertz CT molecular complexity index is 650. The minimum atomic E-state index is -2.45. The molecule has 0 aromatic heterocycles. The number of nitrogens with one attached hydrogen (secondary N) is 1. The van der Waals surface area contributed by atoms with Crippen molar-refractivity contribution in [3.63, 3.8) is 0 Å². The van der Waals surface area contributed by atoms with E-state index in [0.29, 0.717) is 28.8 Å². The predicted molar refractivity (Wildman–Crippen MR) is 98.0 cm³/mol. The van der Waals surface area contributed by atoms with Crippen molar-refractivity contribution in [2.45, 2.75) is 23.6 Å². The number of carbonyl (C=O) groups excluding carboxylic acids is 1. The molecule has 1 N–H and O–H groups in total. The highest BCUT2D eigenvalue weighted by Gasteiger charge is 2.08. The molecule has 0 radical (unpaired) electrons. The molecule has 0 heterocycles. The third-order valence-corrected chi connectivity index (χ3v) is 4.36. The summed E-state index contributed by atoms with van der Waals surface area (Å²) in [5.74, 6) is -2.63. The second kappa shape index (κ2) is 10.2. The Labute approximate surface area is 151 Å². The molecule has 1 amide bonds. The van der Waals surface area contributed by atoms with Crippen LogP contribution in [0.25, 0.3) is 0 Å². The van der Waals surface area contributed by atoms with Gasteiger partial charge < -0.3 is 10.2 Å². The molecule has 0 spiro atoms. The van der Waals surface area contributed by atoms with E-state index < -0.39 is 5.76 Å². The molecule has 0 aliphatic heterocycles. The molecule has 0 aliphatic carbocycles. The first-order valence-corrected chi connectivity index (χ1v) is 8.98. The van der Waals surface area contributed by atoms with E-state index in [1.807, 2.05) is 25.2 Å². The third kappa shape index (κ3) is 7.23. The first-order chi connectivity index (χ1) is 12.0. The van der Waals surface area contributed by atoms with Crippen LogP contribution in [0.3, 0.4) is 0 Å². The molecule has 0 saturated carbocycles. The van der Waals surface area contributed by atoms with Gasteiger partial charge in [0.25, 0.3) is 11.7 Å². The van der Waals surface area contributed by atoms with E-state index in [0.717, 1.165) is 19.5 Å². The zero-order valence-electron chi connectivity index (χ0n) is 14.1. The number of rotatable bonds is 9. The quantitative estimate of drug-likeness (QED) is 0.533. The van der Waals surface area contributed by atoms with Gasteiger partial charge in [-0.05, 0) is 49.8 Å². The highest BCUT2D eigenvalue weighted by Crippen LogP contribution is 2.25. The van der Waals surface area contributed by atoms with Crippen LogP contribution in [0.4, 0.5) is 8.78 Å². The lowest BCUT2D eigenvalue weighted by Crippen LogP contribution is -2.28. The summed E-state index contributed by atoms with van der Waals surface area (Å²) in [7, 11) is 2.05. The van der Waals surface area contributed by atoms with Crippen molar-refractivity contribution < 1.29 is 13.6 Å². The molecule has 25 heavy (non-hydrogen) atoms. The average Bonchev–Trinajstić information content (AvgIpc) is 2.59. The number of hydrogen-bond acceptors (Lipinski definition) is 3. The molecule has 0 saturated heterocycles. The van der Waals surface area contributed by atoms with Gasteiger partial charge in [-0.1, -0.05) is 42.1 Å². The van der Waals surface area contributed by atoms with E-state index in [-0.39, 0.29) is 5.91 Å². The minimum absolute atomic E-state index is 0.181. The number of benzene rings is 2. The molecule has 3 nitrogen and oxygen atoms in total. The largest absolute Gasteiger partial charge is 0.352 e. The second-order valence-electron chi connectivity index (χ2n) is 5.74. The van der Waals surface area contributed by atoms with Gasteiger partial charge in [0, 0.05) is 23.5 Å². The number of thioether (sulfide) groups is 1. The van der Waals surface area contributed by atoms with Crippen LogP contribution < -0.4 is 5.32 Å². The van der Waals surface area contributed by atoms with E-state index in [2.05, 4.69) is 22.3 Å². The van der Waals surface area contributed by atoms with E-state index >= 15 is 0 Å². The summed E-state index contributed by atoms with van der Waals surface area (Å²) in [5.41, 5.74) is 1.74. The second-order valence-corrected chi connectivity index (χ2v) is 6.80. The summed E-state index contributed by atoms with van der Waals surface area (Å²) in [6, 6.07) is 16.4. The number of nitrogens with zero attached hydrogens (tertiary/aromatic N) is 1. The van der Waals surface area contributed by atoms with E-state index in [9.17, 15) is 13.6 Å². The third-order valence-electron chi connectivity index (χ3n) is 3.64. The fourth-order valence-electron chi connectivity index (χ4n) is 2.41. The van der Waals surface area contributed by atoms with Crippen LogP contribution in [-0.4, -0.2) is 36.7 Å². The SMILES string of the molecule is CN(CCCNC(=O)c1ccc(SC(F)F)cc1)Cc1ccccc1. The van der Waals surface area contributed by atoms with Gasteiger partial charge in [0.05, 0.1) is 0 Å². The standard InChI is InChI=1S/C19H22F2N2OS/c1-23(14-15-6-3-2-4-7-15)13-5-12-22-18(24)16-8-10-17(11-9-16)25-19(20)21/h2-4,6-11,19H,5,12-14H2,1H3,(H,22,24). The Balaban J connectivity index is 1.68. The number of alkyl halides is 2. The van der Waals surface area contributed by atoms with Crippen molar-refractivity contribution in [2.24, 2.45) is 0 Å². The fraction of sp³-hybridized carbons (Fsp3) is 0.316. The van der Waals surface area contributed by atoms with E-state index in [1.54, 1.807) is 24.3 Å². The molecule has 0 atom stereocenters. The predicted octanol–water partition coefficient (Wildman–Crippen LogP) is 4.25. The van der Waals surface area contributed by atoms with Crippen LogP contribution in [0.2, 0.25) is 0 Å². The smallest absolute Gasteiger partial charge is 0.288 e. The molecular formula is C19H22F2N2OS. The van der Waals surface area contributed by atoms with Gasteiger partial charge in [0.15, 0.2) is 0 Å². The van der Waals surface area contributed by atoms with E-state index in [1.165, 1.54) is 5.56 Å². The summed E-state index contributed by atoms with van der Waals surface area (Å²) in [6.07, 6.45) is 0.842. The van der Waals surface area contributed by atoms with Gasteiger partial charge in [-0.25, -0.2) is 0 Å². The zero-order chi connectivity index (χ0) is 18.1. The maximum absolute atomic E-state index is 12.3. The topological polar surface area (TPSA) is 32.3 Å². The number of amides is 1. The Morgan fingerprint density at radius 3 is 2.44 bits per heavy atom. The lowest BCUT2D eigenvalue weighted by Gasteiger charge is -2.16. The monoisotopic (exact) mass is 364 g/mol. The molecule has 0 bridgehead atoms. The van der Waals surface area contributed by atoms with Gasteiger partial charge >= 0.3 is 0 Å². The molecule has 2 aromatic rings. The van der Waals surface area contributed by atoms with Crippen molar-refractivity contribution in [3.05, 3.63) is 65.7 Å². The normalized spacial score (nSPS) is 11.1. The number of carbonyl (C=O) groups is 1. The lowest BCUT2D eigenvalue weighted by molar-refractivity contribution is 0.0952. The highest BCUT2D eigenvalue weighted by atomic mass is 32.2. The van der Waals surface area contributed by atoms with Crippen molar-refractivity contribution in [1.82, 2.24) is 10.2 Å². The Hall–Kier alpha value is -1.92. The highest BCUT2D eigenvalue weighted by molar-refractivity contribution is 7.99. The Morgan fingerprint density at radius 1 is 1.12 bits per heavy atom. The Kier molecular flexibility index (Phi) is 7.88. The Morgan fingerprint density at radius 2 is 1.80 bits per heavy atom. The summed E-state index contributed by atoms with van der Waals surface area (Å²) in [4.78, 5) is 14.7. The van der Waals surface area contributed by atoms with Crippen molar-refractivity contribution >= 4 is 17.7 Å². The average molecular weight is 364 g/mol. The first kappa shape index (κ1) is 19.4. The number of halogens is 2. The van der Waals surface area contributed by atoms with Crippen molar-refractivity contribution in [1.29, 1.82) is 0 Å². The van der Waals surface area contributed by atoms with Crippen LogP contribution >= 0.6 is 11.8 Å². The van der Waals surface area contributed by atoms with Crippen molar-refractivity contribution in [2.75, 3.05) is 20.1 Å². The van der Waals surface area contributed by atoms with Crippen LogP contribution in [0, 0.1) is 0 Å². The van der Waals surface area contributed by atoms with Crippen molar-refractivity contribution in [3.8, 4) is 0 Å². The van der Waals surface area contributed by atoms with Gasteiger partial charge in [-0.2, -0.15) is 8.78 Å². The maximum atomic E-state index is 12.3. The molecule has 0 unspecified atom stereocenters. The summed E-state index contributed by atoms with van der Waals surface area (Å²) in [5, 5.41) is 2.86. The molecule has 134 valence electrons. The zero-order valence-corrected chi connectivity index (χ0v) is 14.9. The van der Waals surface area contributed by atoms with Crippen LogP contribution in [0.15, 0.2) is 59.5 Å². The molecule has 2 aromatic carbocycles. The van der Waals surface area contributed by atoms with Crippen LogP contribution in [0.1, 0.15) is 22.3 Å². The summed E-state index contributed by atoms with van der Waals surface area (Å²) >= 11 is 0.474. The first-order valence-electron chi connectivity index (χ1n) is 8.10. The van der Waals surface area contributed by atoms with Crippen LogP contribution in [-0.2, 0) is 6.54 Å². The van der Waals surface area contributed by atoms with Gasteiger partial charge in [0.2, 0.25) is 0 Å². The van der Waals surface area contributed by atoms with Gasteiger partial charge in [-0.15, -0.1) is 0 Å². The van der Waals surface area contributed by atoms with Gasteiger partial charge in [0.1, 0.15) is 0 Å².